The second-order valence-corrected chi connectivity index (χ2v) is 3.79. The van der Waals surface area contributed by atoms with Crippen LogP contribution in [0.2, 0.25) is 0 Å². The number of hydrogen-bond acceptors (Lipinski definition) is 4. The Labute approximate surface area is 93.2 Å². The lowest BCUT2D eigenvalue weighted by atomic mass is 10.1. The molecule has 0 saturated heterocycles. The van der Waals surface area contributed by atoms with Gasteiger partial charge in [0.2, 0.25) is 0 Å². The summed E-state index contributed by atoms with van der Waals surface area (Å²) in [6.07, 6.45) is 0.641. The molecule has 0 bridgehead atoms. The van der Waals surface area contributed by atoms with Crippen molar-refractivity contribution in [3.05, 3.63) is 40.0 Å². The summed E-state index contributed by atoms with van der Waals surface area (Å²) in [5.41, 5.74) is -0.208. The summed E-state index contributed by atoms with van der Waals surface area (Å²) in [5.74, 6) is -0.464. The number of aromatic hydroxyl groups is 1. The summed E-state index contributed by atoms with van der Waals surface area (Å²) in [4.78, 5) is 23.0. The van der Waals surface area contributed by atoms with Crippen LogP contribution in [0.4, 0.5) is 0 Å². The number of hydrogen-bond donors (Lipinski definition) is 1. The highest BCUT2D eigenvalue weighted by Gasteiger charge is 2.17. The van der Waals surface area contributed by atoms with Crippen molar-refractivity contribution in [2.24, 2.45) is 0 Å². The van der Waals surface area contributed by atoms with Crippen LogP contribution >= 0.6 is 0 Å². The highest BCUT2D eigenvalue weighted by Crippen LogP contribution is 2.17. The van der Waals surface area contributed by atoms with Gasteiger partial charge in [-0.2, -0.15) is 0 Å². The first-order chi connectivity index (χ1) is 7.41. The van der Waals surface area contributed by atoms with Crippen LogP contribution in [0.1, 0.15) is 35.9 Å². The van der Waals surface area contributed by atoms with Crippen LogP contribution in [-0.4, -0.2) is 10.9 Å². The monoisotopic (exact) mass is 222 g/mol. The lowest BCUT2D eigenvalue weighted by Gasteiger charge is -2.02. The number of allylic oxidation sites excluding steroid dienone is 1. The molecule has 16 heavy (non-hydrogen) atoms. The van der Waals surface area contributed by atoms with E-state index in [4.69, 9.17) is 4.42 Å². The van der Waals surface area contributed by atoms with Crippen molar-refractivity contribution >= 4 is 5.78 Å². The molecule has 1 N–H and O–H groups in total. The van der Waals surface area contributed by atoms with Gasteiger partial charge in [-0.25, -0.2) is 4.79 Å². The molecule has 4 heteroatoms. The molecule has 0 atom stereocenters. The highest BCUT2D eigenvalue weighted by atomic mass is 16.4. The van der Waals surface area contributed by atoms with Crippen molar-refractivity contribution in [1.29, 1.82) is 0 Å². The van der Waals surface area contributed by atoms with Crippen LogP contribution in [-0.2, 0) is 0 Å². The molecule has 0 fully saturated rings. The van der Waals surface area contributed by atoms with Crippen molar-refractivity contribution in [3.63, 3.8) is 0 Å². The van der Waals surface area contributed by atoms with Crippen molar-refractivity contribution in [2.75, 3.05) is 0 Å². The van der Waals surface area contributed by atoms with Crippen molar-refractivity contribution in [2.45, 2.75) is 26.7 Å². The predicted molar refractivity (Wildman–Crippen MR) is 59.8 cm³/mol. The van der Waals surface area contributed by atoms with Gasteiger partial charge >= 0.3 is 5.63 Å². The van der Waals surface area contributed by atoms with Gasteiger partial charge in [-0.3, -0.25) is 4.79 Å². The van der Waals surface area contributed by atoms with Gasteiger partial charge in [0.25, 0.3) is 0 Å². The van der Waals surface area contributed by atoms with E-state index in [0.717, 1.165) is 5.57 Å². The molecule has 0 unspecified atom stereocenters. The number of rotatable bonds is 4. The maximum Gasteiger partial charge on any atom is 0.350 e. The van der Waals surface area contributed by atoms with Crippen LogP contribution in [0.25, 0.3) is 0 Å². The molecule has 0 spiro atoms. The van der Waals surface area contributed by atoms with Crippen LogP contribution in [0.3, 0.4) is 0 Å². The maximum absolute atomic E-state index is 11.6. The van der Waals surface area contributed by atoms with Gasteiger partial charge in [0.15, 0.2) is 5.78 Å². The standard InChI is InChI=1S/C12H14O4/c1-7(2)4-5-9(13)11-10(14)6-8(3)16-12(11)15/h6,14H,1,4-5H2,2-3H3. The lowest BCUT2D eigenvalue weighted by molar-refractivity contribution is 0.0975. The molecule has 1 aromatic rings. The quantitative estimate of drug-likeness (QED) is 0.626. The number of aryl methyl sites for hydroxylation is 1. The van der Waals surface area contributed by atoms with E-state index in [0.29, 0.717) is 6.42 Å². The summed E-state index contributed by atoms with van der Waals surface area (Å²) < 4.78 is 4.76. The molecule has 0 aliphatic carbocycles. The van der Waals surface area contributed by atoms with Crippen molar-refractivity contribution < 1.29 is 14.3 Å². The minimum absolute atomic E-state index is 0.150. The highest BCUT2D eigenvalue weighted by molar-refractivity contribution is 5.98. The average Bonchev–Trinajstić information content (AvgIpc) is 2.12. The Bertz CT molecular complexity index is 482. The first-order valence-electron chi connectivity index (χ1n) is 4.93. The van der Waals surface area contributed by atoms with Gasteiger partial charge in [-0.15, -0.1) is 6.58 Å². The summed E-state index contributed by atoms with van der Waals surface area (Å²) in [6, 6.07) is 1.26. The molecule has 0 aromatic carbocycles. The van der Waals surface area contributed by atoms with E-state index in [-0.39, 0.29) is 23.5 Å². The van der Waals surface area contributed by atoms with Crippen molar-refractivity contribution in [1.82, 2.24) is 0 Å². The second-order valence-electron chi connectivity index (χ2n) is 3.79. The molecule has 0 aliphatic rings. The zero-order chi connectivity index (χ0) is 12.3. The van der Waals surface area contributed by atoms with Gasteiger partial charge < -0.3 is 9.52 Å². The third-order valence-corrected chi connectivity index (χ3v) is 2.11. The van der Waals surface area contributed by atoms with Gasteiger partial charge in [-0.1, -0.05) is 5.57 Å². The SMILES string of the molecule is C=C(C)CCC(=O)c1c(O)cc(C)oc1=O. The molecule has 0 amide bonds. The number of carbonyl (C=O) groups is 1. The number of ketones is 1. The average molecular weight is 222 g/mol. The predicted octanol–water partition coefficient (Wildman–Crippen LogP) is 2.19. The van der Waals surface area contributed by atoms with Crippen molar-refractivity contribution in [3.8, 4) is 5.75 Å². The zero-order valence-corrected chi connectivity index (χ0v) is 9.37. The Hall–Kier alpha value is -1.84. The number of carbonyl (C=O) groups excluding carboxylic acids is 1. The summed E-state index contributed by atoms with van der Waals surface area (Å²) in [7, 11) is 0. The largest absolute Gasteiger partial charge is 0.507 e. The third kappa shape index (κ3) is 2.82. The molecule has 86 valence electrons. The van der Waals surface area contributed by atoms with Crippen LogP contribution in [0.15, 0.2) is 27.4 Å². The Morgan fingerprint density at radius 1 is 1.50 bits per heavy atom. The first kappa shape index (κ1) is 12.2. The van der Waals surface area contributed by atoms with Gasteiger partial charge in [0.1, 0.15) is 17.1 Å². The molecule has 4 nitrogen and oxygen atoms in total. The van der Waals surface area contributed by atoms with E-state index >= 15 is 0 Å². The molecule has 0 radical (unpaired) electrons. The fraction of sp³-hybridized carbons (Fsp3) is 0.333. The fourth-order valence-corrected chi connectivity index (χ4v) is 1.30. The van der Waals surface area contributed by atoms with Gasteiger partial charge in [-0.05, 0) is 20.3 Å². The van der Waals surface area contributed by atoms with Crippen LogP contribution in [0.5, 0.6) is 5.75 Å². The maximum atomic E-state index is 11.6. The van der Waals surface area contributed by atoms with Crippen LogP contribution in [0, 0.1) is 6.92 Å². The normalized spacial score (nSPS) is 10.1. The molecular formula is C12H14O4. The molecule has 0 saturated carbocycles. The second kappa shape index (κ2) is 4.79. The molecular weight excluding hydrogens is 208 g/mol. The lowest BCUT2D eigenvalue weighted by Crippen LogP contribution is -2.14. The Morgan fingerprint density at radius 3 is 2.62 bits per heavy atom. The van der Waals surface area contributed by atoms with E-state index in [1.165, 1.54) is 13.0 Å². The molecule has 0 aliphatic heterocycles. The molecule has 1 aromatic heterocycles. The first-order valence-corrected chi connectivity index (χ1v) is 4.93. The minimum Gasteiger partial charge on any atom is -0.507 e. The van der Waals surface area contributed by atoms with Gasteiger partial charge in [0.05, 0.1) is 0 Å². The van der Waals surface area contributed by atoms with E-state index < -0.39 is 11.4 Å². The summed E-state index contributed by atoms with van der Waals surface area (Å²) >= 11 is 0. The van der Waals surface area contributed by atoms with E-state index in [2.05, 4.69) is 6.58 Å². The third-order valence-electron chi connectivity index (χ3n) is 2.11. The summed E-state index contributed by atoms with van der Waals surface area (Å²) in [6.45, 7) is 6.99. The van der Waals surface area contributed by atoms with E-state index in [9.17, 15) is 14.7 Å². The Kier molecular flexibility index (Phi) is 3.66. The Morgan fingerprint density at radius 2 is 2.12 bits per heavy atom. The fourth-order valence-electron chi connectivity index (χ4n) is 1.30. The molecule has 1 heterocycles. The number of Topliss-reactive ketones (excluding diaryl/α,β-unsaturated/α-hetero) is 1. The summed E-state index contributed by atoms with van der Waals surface area (Å²) in [5, 5.41) is 9.50. The van der Waals surface area contributed by atoms with Gasteiger partial charge in [0, 0.05) is 12.5 Å². The topological polar surface area (TPSA) is 67.5 Å². The van der Waals surface area contributed by atoms with E-state index in [1.807, 2.05) is 0 Å². The molecule has 1 rings (SSSR count). The zero-order valence-electron chi connectivity index (χ0n) is 9.37. The van der Waals surface area contributed by atoms with E-state index in [1.54, 1.807) is 6.92 Å². The Balaban J connectivity index is 3.00. The van der Waals surface area contributed by atoms with Crippen LogP contribution < -0.4 is 5.63 Å². The smallest absolute Gasteiger partial charge is 0.350 e. The minimum atomic E-state index is -0.788.